The van der Waals surface area contributed by atoms with Crippen LogP contribution in [0.1, 0.15) is 81.5 Å². The molecule has 3 aromatic carbocycles. The number of nitrogens with zero attached hydrogens (tertiary/aromatic N) is 2. The quantitative estimate of drug-likeness (QED) is 0.318. The number of hydrogen-bond donors (Lipinski definition) is 1. The highest BCUT2D eigenvalue weighted by Gasteiger charge is 2.38. The van der Waals surface area contributed by atoms with Crippen LogP contribution in [0, 0.1) is 6.92 Å². The number of piperidine rings is 1. The second kappa shape index (κ2) is 14.9. The minimum atomic E-state index is -0.0643. The van der Waals surface area contributed by atoms with Crippen LogP contribution < -0.4 is 5.32 Å². The molecule has 0 aromatic heterocycles. The maximum Gasteiger partial charge on any atom is 0.322 e. The van der Waals surface area contributed by atoms with Crippen molar-refractivity contribution in [3.63, 3.8) is 0 Å². The van der Waals surface area contributed by atoms with Gasteiger partial charge in [-0.05, 0) is 74.5 Å². The molecule has 1 atom stereocenters. The van der Waals surface area contributed by atoms with Crippen LogP contribution >= 0.6 is 0 Å². The molecule has 0 aliphatic carbocycles. The van der Waals surface area contributed by atoms with Crippen LogP contribution in [0.4, 0.5) is 10.5 Å². The van der Waals surface area contributed by atoms with Crippen LogP contribution in [-0.2, 0) is 12.0 Å². The van der Waals surface area contributed by atoms with Crippen molar-refractivity contribution < 1.29 is 4.79 Å². The molecule has 1 saturated heterocycles. The molecule has 0 radical (unpaired) electrons. The molecule has 1 fully saturated rings. The summed E-state index contributed by atoms with van der Waals surface area (Å²) in [5, 5.41) is 3.36. The van der Waals surface area contributed by atoms with E-state index in [-0.39, 0.29) is 11.4 Å². The summed E-state index contributed by atoms with van der Waals surface area (Å²) >= 11 is 0. The highest BCUT2D eigenvalue weighted by atomic mass is 16.2. The predicted octanol–water partition coefficient (Wildman–Crippen LogP) is 8.62. The van der Waals surface area contributed by atoms with Gasteiger partial charge in [0.2, 0.25) is 0 Å². The van der Waals surface area contributed by atoms with Gasteiger partial charge >= 0.3 is 6.03 Å². The van der Waals surface area contributed by atoms with Crippen LogP contribution in [-0.4, -0.2) is 42.5 Å². The fraction of sp³-hybridized carbons (Fsp3) is 0.457. The topological polar surface area (TPSA) is 35.6 Å². The molecule has 0 bridgehead atoms. The molecule has 39 heavy (non-hydrogen) atoms. The van der Waals surface area contributed by atoms with Crippen molar-refractivity contribution in [1.29, 1.82) is 0 Å². The number of amides is 2. The normalized spacial score (nSPS) is 15.5. The molecule has 1 N–H and O–H groups in total. The Morgan fingerprint density at radius 3 is 2.10 bits per heavy atom. The average Bonchev–Trinajstić information content (AvgIpc) is 2.96. The number of carbonyl (C=O) groups excluding carboxylic acids is 1. The number of aryl methyl sites for hydroxylation is 1. The maximum atomic E-state index is 14.0. The number of hydrogen-bond acceptors (Lipinski definition) is 2. The Labute approximate surface area is 237 Å². The van der Waals surface area contributed by atoms with Crippen molar-refractivity contribution in [2.75, 3.05) is 32.0 Å². The highest BCUT2D eigenvalue weighted by Crippen LogP contribution is 2.37. The van der Waals surface area contributed by atoms with Gasteiger partial charge in [0, 0.05) is 24.2 Å². The smallest absolute Gasteiger partial charge is 0.319 e. The van der Waals surface area contributed by atoms with Crippen molar-refractivity contribution >= 4 is 11.7 Å². The Balaban J connectivity index is 0.00000134. The second-order valence-corrected chi connectivity index (χ2v) is 11.3. The van der Waals surface area contributed by atoms with E-state index in [0.29, 0.717) is 19.0 Å². The second-order valence-electron chi connectivity index (χ2n) is 11.3. The van der Waals surface area contributed by atoms with E-state index in [0.717, 1.165) is 49.2 Å². The van der Waals surface area contributed by atoms with Gasteiger partial charge < -0.3 is 15.1 Å². The van der Waals surface area contributed by atoms with Crippen LogP contribution in [0.25, 0.3) is 0 Å². The first-order valence-electron chi connectivity index (χ1n) is 14.8. The molecule has 1 unspecified atom stereocenters. The SMILES string of the molecule is CCC.CCC(C)c1cccc(C)c1NC(=O)N(Cc1ccccc1)CC1(c2ccccc2)CCN(C)CC1. The summed E-state index contributed by atoms with van der Waals surface area (Å²) in [7, 11) is 2.19. The van der Waals surface area contributed by atoms with Crippen molar-refractivity contribution in [2.45, 2.75) is 78.2 Å². The fourth-order valence-corrected chi connectivity index (χ4v) is 5.42. The number of para-hydroxylation sites is 1. The fourth-order valence-electron chi connectivity index (χ4n) is 5.42. The Hall–Kier alpha value is -3.11. The van der Waals surface area contributed by atoms with Gasteiger partial charge in [0.1, 0.15) is 0 Å². The van der Waals surface area contributed by atoms with E-state index in [9.17, 15) is 4.79 Å². The number of anilines is 1. The van der Waals surface area contributed by atoms with Crippen molar-refractivity contribution in [3.8, 4) is 0 Å². The molecular formula is C35H49N3O. The largest absolute Gasteiger partial charge is 0.322 e. The molecule has 4 heteroatoms. The molecule has 0 saturated carbocycles. The zero-order valence-corrected chi connectivity index (χ0v) is 25.0. The summed E-state index contributed by atoms with van der Waals surface area (Å²) in [5.41, 5.74) is 5.70. The zero-order valence-electron chi connectivity index (χ0n) is 25.0. The summed E-state index contributed by atoms with van der Waals surface area (Å²) in [5.74, 6) is 0.382. The van der Waals surface area contributed by atoms with Gasteiger partial charge in [-0.15, -0.1) is 0 Å². The van der Waals surface area contributed by atoms with Crippen LogP contribution in [0.5, 0.6) is 0 Å². The summed E-state index contributed by atoms with van der Waals surface area (Å²) < 4.78 is 0. The molecular weight excluding hydrogens is 478 g/mol. The molecule has 210 valence electrons. The third-order valence-corrected chi connectivity index (χ3v) is 8.01. The van der Waals surface area contributed by atoms with Gasteiger partial charge in [0.05, 0.1) is 0 Å². The molecule has 0 spiro atoms. The summed E-state index contributed by atoms with van der Waals surface area (Å²) in [4.78, 5) is 18.5. The average molecular weight is 528 g/mol. The lowest BCUT2D eigenvalue weighted by molar-refractivity contribution is 0.137. The number of carbonyl (C=O) groups is 1. The lowest BCUT2D eigenvalue weighted by Gasteiger charge is -2.44. The van der Waals surface area contributed by atoms with Crippen molar-refractivity contribution in [1.82, 2.24) is 9.80 Å². The number of urea groups is 1. The Morgan fingerprint density at radius 2 is 1.51 bits per heavy atom. The summed E-state index contributed by atoms with van der Waals surface area (Å²) in [6.07, 6.45) is 4.35. The van der Waals surface area contributed by atoms with Gasteiger partial charge in [-0.3, -0.25) is 0 Å². The summed E-state index contributed by atoms with van der Waals surface area (Å²) in [6, 6.07) is 27.5. The number of benzene rings is 3. The van der Waals surface area contributed by atoms with E-state index >= 15 is 0 Å². The molecule has 4 rings (SSSR count). The molecule has 1 aliphatic rings. The van der Waals surface area contributed by atoms with Gasteiger partial charge in [-0.25, -0.2) is 4.79 Å². The zero-order chi connectivity index (χ0) is 28.3. The molecule has 1 heterocycles. The van der Waals surface area contributed by atoms with Crippen LogP contribution in [0.3, 0.4) is 0 Å². The molecule has 2 amide bonds. The van der Waals surface area contributed by atoms with Gasteiger partial charge in [-0.1, -0.05) is 113 Å². The molecule has 4 nitrogen and oxygen atoms in total. The van der Waals surface area contributed by atoms with E-state index < -0.39 is 0 Å². The van der Waals surface area contributed by atoms with Crippen LogP contribution in [0.2, 0.25) is 0 Å². The van der Waals surface area contributed by atoms with E-state index in [1.54, 1.807) is 0 Å². The van der Waals surface area contributed by atoms with Gasteiger partial charge in [0.15, 0.2) is 0 Å². The lowest BCUT2D eigenvalue weighted by Crippen LogP contribution is -2.50. The predicted molar refractivity (Wildman–Crippen MR) is 167 cm³/mol. The number of rotatable bonds is 8. The van der Waals surface area contributed by atoms with Crippen LogP contribution in [0.15, 0.2) is 78.9 Å². The van der Waals surface area contributed by atoms with E-state index in [2.05, 4.69) is 125 Å². The Kier molecular flexibility index (Phi) is 11.6. The first kappa shape index (κ1) is 30.4. The first-order valence-corrected chi connectivity index (χ1v) is 14.8. The van der Waals surface area contributed by atoms with Crippen molar-refractivity contribution in [3.05, 3.63) is 101 Å². The third kappa shape index (κ3) is 8.19. The summed E-state index contributed by atoms with van der Waals surface area (Å²) in [6.45, 7) is 14.1. The van der Waals surface area contributed by atoms with E-state index in [1.807, 2.05) is 11.0 Å². The lowest BCUT2D eigenvalue weighted by atomic mass is 9.72. The van der Waals surface area contributed by atoms with Crippen molar-refractivity contribution in [2.24, 2.45) is 0 Å². The van der Waals surface area contributed by atoms with Gasteiger partial charge in [0.25, 0.3) is 0 Å². The minimum absolute atomic E-state index is 0.0214. The third-order valence-electron chi connectivity index (χ3n) is 8.01. The number of likely N-dealkylation sites (tertiary alicyclic amines) is 1. The molecule has 3 aromatic rings. The van der Waals surface area contributed by atoms with E-state index in [1.165, 1.54) is 17.5 Å². The maximum absolute atomic E-state index is 14.0. The molecule has 1 aliphatic heterocycles. The first-order chi connectivity index (χ1) is 18.8. The Morgan fingerprint density at radius 1 is 0.923 bits per heavy atom. The monoisotopic (exact) mass is 527 g/mol. The van der Waals surface area contributed by atoms with E-state index in [4.69, 9.17) is 0 Å². The minimum Gasteiger partial charge on any atom is -0.319 e. The standard InChI is InChI=1S/C32H41N3O.C3H8/c1-5-25(2)29-18-12-13-26(3)30(29)33-31(36)35(23-27-14-8-6-9-15-27)24-32(19-21-34(4)22-20-32)28-16-10-7-11-17-28;1-3-2/h6-18,25H,5,19-24H2,1-4H3,(H,33,36);3H2,1-2H3. The highest BCUT2D eigenvalue weighted by molar-refractivity contribution is 5.91. The Bertz CT molecular complexity index is 1140. The van der Waals surface area contributed by atoms with Gasteiger partial charge in [-0.2, -0.15) is 0 Å². The number of nitrogens with one attached hydrogen (secondary N) is 1.